The quantitative estimate of drug-likeness (QED) is 0.365. The van der Waals surface area contributed by atoms with E-state index >= 15 is 0 Å². The molecule has 0 unspecified atom stereocenters. The number of hydrogen-bond acceptors (Lipinski definition) is 1. The van der Waals surface area contributed by atoms with E-state index in [-0.39, 0.29) is 0 Å². The van der Waals surface area contributed by atoms with E-state index in [4.69, 9.17) is 5.26 Å². The van der Waals surface area contributed by atoms with Crippen molar-refractivity contribution in [2.45, 2.75) is 79.1 Å². The second kappa shape index (κ2) is 17.0. The van der Waals surface area contributed by atoms with Gasteiger partial charge in [-0.2, -0.15) is 0 Å². The fourth-order valence-electron chi connectivity index (χ4n) is 2.64. The zero-order chi connectivity index (χ0) is 15.7. The van der Waals surface area contributed by atoms with Gasteiger partial charge in [-0.15, -0.1) is 0 Å². The normalized spacial score (nSPS) is 10.7. The van der Waals surface area contributed by atoms with Gasteiger partial charge < -0.3 is 4.48 Å². The van der Waals surface area contributed by atoms with E-state index in [2.05, 4.69) is 43.2 Å². The molecule has 123 valence electrons. The van der Waals surface area contributed by atoms with Crippen LogP contribution in [0.25, 0.3) is 0 Å². The van der Waals surface area contributed by atoms with Gasteiger partial charge in [-0.05, 0) is 25.7 Å². The molecule has 0 aliphatic heterocycles. The molecule has 0 N–H and O–H groups in total. The molecule has 0 aromatic rings. The summed E-state index contributed by atoms with van der Waals surface area (Å²) < 4.78 is 1.42. The van der Waals surface area contributed by atoms with E-state index in [0.29, 0.717) is 0 Å². The van der Waals surface area contributed by atoms with Gasteiger partial charge in [-0.1, -0.05) is 53.4 Å². The molecule has 0 aliphatic carbocycles. The first-order chi connectivity index (χ1) is 9.66. The molecule has 20 heavy (non-hydrogen) atoms. The third-order valence-corrected chi connectivity index (χ3v) is 3.94. The summed E-state index contributed by atoms with van der Waals surface area (Å²) in [6.45, 7) is 15.0. The summed E-state index contributed by atoms with van der Waals surface area (Å²) in [4.78, 5) is 0. The van der Waals surface area contributed by atoms with Gasteiger partial charge in [0.1, 0.15) is 0 Å². The molecule has 0 saturated carbocycles. The Balaban J connectivity index is 0. The second-order valence-corrected chi connectivity index (χ2v) is 5.94. The minimum atomic E-state index is 1.35. The number of quaternary nitrogens is 1. The van der Waals surface area contributed by atoms with Crippen LogP contribution in [0.15, 0.2) is 0 Å². The summed E-state index contributed by atoms with van der Waals surface area (Å²) in [6, 6.07) is 0. The summed E-state index contributed by atoms with van der Waals surface area (Å²) in [5, 5.41) is 8.53. The SMILES string of the molecule is CCCC[N+](CCCC)(CCCC)CCCC.N#[C][Ni]. The predicted molar refractivity (Wildman–Crippen MR) is 85.0 cm³/mol. The van der Waals surface area contributed by atoms with E-state index in [1.165, 1.54) is 87.1 Å². The van der Waals surface area contributed by atoms with Crippen LogP contribution < -0.4 is 0 Å². The van der Waals surface area contributed by atoms with Gasteiger partial charge >= 0.3 is 25.8 Å². The summed E-state index contributed by atoms with van der Waals surface area (Å²) in [6.07, 6.45) is 11.1. The average Bonchev–Trinajstić information content (AvgIpc) is 2.46. The summed E-state index contributed by atoms with van der Waals surface area (Å²) in [5.41, 5.74) is 0. The summed E-state index contributed by atoms with van der Waals surface area (Å²) >= 11 is 3.47. The minimum absolute atomic E-state index is 1.35. The van der Waals surface area contributed by atoms with Crippen molar-refractivity contribution in [1.82, 2.24) is 0 Å². The second-order valence-electron chi connectivity index (χ2n) is 5.72. The van der Waals surface area contributed by atoms with Gasteiger partial charge in [0.25, 0.3) is 0 Å². The van der Waals surface area contributed by atoms with Crippen LogP contribution in [-0.4, -0.2) is 30.7 Å². The molecule has 0 aromatic heterocycles. The Labute approximate surface area is 135 Å². The molecule has 0 atom stereocenters. The van der Waals surface area contributed by atoms with Crippen LogP contribution in [0.2, 0.25) is 0 Å². The van der Waals surface area contributed by atoms with Crippen molar-refractivity contribution in [3.05, 3.63) is 0 Å². The molecular formula is C17H36N2Ni+. The molecule has 0 rings (SSSR count). The fourth-order valence-corrected chi connectivity index (χ4v) is 2.64. The van der Waals surface area contributed by atoms with Crippen molar-refractivity contribution in [2.75, 3.05) is 26.2 Å². The first-order valence-corrected chi connectivity index (χ1v) is 8.97. The van der Waals surface area contributed by atoms with E-state index in [1.54, 1.807) is 0 Å². The molecule has 0 aliphatic rings. The van der Waals surface area contributed by atoms with Gasteiger partial charge in [-0.25, -0.2) is 0 Å². The van der Waals surface area contributed by atoms with Crippen molar-refractivity contribution >= 4 is 0 Å². The summed E-state index contributed by atoms with van der Waals surface area (Å²) in [7, 11) is 0. The van der Waals surface area contributed by atoms with Crippen molar-refractivity contribution in [1.29, 1.82) is 5.26 Å². The van der Waals surface area contributed by atoms with Crippen molar-refractivity contribution in [3.63, 3.8) is 0 Å². The third kappa shape index (κ3) is 13.0. The number of nitrogens with zero attached hydrogens (tertiary/aromatic N) is 2. The molecule has 0 heterocycles. The molecular weight excluding hydrogens is 291 g/mol. The Bertz CT molecular complexity index is 186. The van der Waals surface area contributed by atoms with Gasteiger partial charge in [0, 0.05) is 0 Å². The van der Waals surface area contributed by atoms with E-state index in [1.807, 2.05) is 0 Å². The standard InChI is InChI=1S/C16H36N.CN.Ni/c1-5-9-13-17(14-10-6-2,15-11-7-3)16-12-8-4;1-2;/h5-16H2,1-4H3;;/q+1;;. The fraction of sp³-hybridized carbons (Fsp3) is 0.941. The zero-order valence-corrected chi connectivity index (χ0v) is 15.2. The molecule has 0 radical (unpaired) electrons. The molecule has 0 aromatic carbocycles. The molecule has 0 bridgehead atoms. The molecule has 0 saturated heterocycles. The van der Waals surface area contributed by atoms with Gasteiger partial charge in [0.15, 0.2) is 0 Å². The topological polar surface area (TPSA) is 23.8 Å². The van der Waals surface area contributed by atoms with Crippen LogP contribution in [0.3, 0.4) is 0 Å². The molecule has 0 amide bonds. The Morgan fingerprint density at radius 2 is 0.900 bits per heavy atom. The van der Waals surface area contributed by atoms with Gasteiger partial charge in [0.2, 0.25) is 0 Å². The monoisotopic (exact) mass is 326 g/mol. The first kappa shape index (κ1) is 22.2. The van der Waals surface area contributed by atoms with Crippen molar-refractivity contribution < 1.29 is 19.9 Å². The Hall–Kier alpha value is -0.0565. The molecule has 2 nitrogen and oxygen atoms in total. The predicted octanol–water partition coefficient (Wildman–Crippen LogP) is 5.02. The Morgan fingerprint density at radius 3 is 1.05 bits per heavy atom. The van der Waals surface area contributed by atoms with Gasteiger partial charge in [0.05, 0.1) is 26.2 Å². The molecule has 0 spiro atoms. The Morgan fingerprint density at radius 1 is 0.700 bits per heavy atom. The Kier molecular flexibility index (Phi) is 18.9. The number of unbranched alkanes of at least 4 members (excludes halogenated alkanes) is 4. The first-order valence-electron chi connectivity index (χ1n) is 8.48. The van der Waals surface area contributed by atoms with E-state index in [9.17, 15) is 0 Å². The molecule has 3 heteroatoms. The van der Waals surface area contributed by atoms with Crippen LogP contribution >= 0.6 is 0 Å². The number of nitriles is 1. The van der Waals surface area contributed by atoms with E-state index in [0.717, 1.165) is 0 Å². The van der Waals surface area contributed by atoms with Crippen LogP contribution in [-0.2, 0) is 15.5 Å². The maximum atomic E-state index is 7.15. The maximum absolute atomic E-state index is 7.15. The van der Waals surface area contributed by atoms with Gasteiger partial charge in [-0.3, -0.25) is 0 Å². The van der Waals surface area contributed by atoms with Crippen molar-refractivity contribution in [3.8, 4) is 5.04 Å². The van der Waals surface area contributed by atoms with Crippen LogP contribution in [0, 0.1) is 10.3 Å². The zero-order valence-electron chi connectivity index (χ0n) is 14.2. The van der Waals surface area contributed by atoms with Crippen molar-refractivity contribution in [2.24, 2.45) is 0 Å². The van der Waals surface area contributed by atoms with Crippen LogP contribution in [0.1, 0.15) is 79.1 Å². The number of rotatable bonds is 12. The average molecular weight is 327 g/mol. The third-order valence-electron chi connectivity index (χ3n) is 3.94. The summed E-state index contributed by atoms with van der Waals surface area (Å²) in [5.74, 6) is 0. The number of hydrogen-bond donors (Lipinski definition) is 0. The van der Waals surface area contributed by atoms with Crippen LogP contribution in [0.4, 0.5) is 0 Å². The van der Waals surface area contributed by atoms with Crippen LogP contribution in [0.5, 0.6) is 0 Å². The molecule has 0 fully saturated rings. The van der Waals surface area contributed by atoms with E-state index < -0.39 is 0 Å².